The van der Waals surface area contributed by atoms with Crippen LogP contribution in [-0.4, -0.2) is 47.5 Å². The van der Waals surface area contributed by atoms with E-state index in [1.807, 2.05) is 47.4 Å². The lowest BCUT2D eigenvalue weighted by Gasteiger charge is -2.32. The summed E-state index contributed by atoms with van der Waals surface area (Å²) in [5, 5.41) is 0. The van der Waals surface area contributed by atoms with Crippen LogP contribution in [0, 0.1) is 0 Å². The van der Waals surface area contributed by atoms with Gasteiger partial charge in [0.25, 0.3) is 5.91 Å². The number of hydrogen-bond acceptors (Lipinski definition) is 5. The second-order valence-corrected chi connectivity index (χ2v) is 8.06. The van der Waals surface area contributed by atoms with E-state index in [0.717, 1.165) is 53.7 Å². The third-order valence-corrected chi connectivity index (χ3v) is 6.10. The molecule has 0 unspecified atom stereocenters. The maximum atomic E-state index is 13.2. The van der Waals surface area contributed by atoms with E-state index in [1.165, 1.54) is 12.8 Å². The van der Waals surface area contributed by atoms with E-state index in [-0.39, 0.29) is 5.91 Å². The van der Waals surface area contributed by atoms with E-state index >= 15 is 0 Å². The van der Waals surface area contributed by atoms with Gasteiger partial charge in [0.2, 0.25) is 0 Å². The fourth-order valence-electron chi connectivity index (χ4n) is 4.39. The first-order valence-corrected chi connectivity index (χ1v) is 10.9. The van der Waals surface area contributed by atoms with Crippen LogP contribution in [-0.2, 0) is 13.0 Å². The Morgan fingerprint density at radius 1 is 0.935 bits per heavy atom. The molecule has 0 bridgehead atoms. The number of anilines is 1. The van der Waals surface area contributed by atoms with Crippen LogP contribution >= 0.6 is 0 Å². The average molecular weight is 415 g/mol. The Morgan fingerprint density at radius 2 is 1.68 bits per heavy atom. The van der Waals surface area contributed by atoms with Crippen LogP contribution in [0.3, 0.4) is 0 Å². The van der Waals surface area contributed by atoms with E-state index in [2.05, 4.69) is 17.0 Å². The van der Waals surface area contributed by atoms with Crippen LogP contribution in [0.1, 0.15) is 34.5 Å². The number of carbonyl (C=O) groups excluding carboxylic acids is 1. The minimum atomic E-state index is 0.0350. The molecule has 0 radical (unpaired) electrons. The molecule has 1 amide bonds. The molecule has 0 aliphatic carbocycles. The summed E-state index contributed by atoms with van der Waals surface area (Å²) in [6.45, 7) is 3.21. The molecule has 5 rings (SSSR count). The molecule has 3 aromatic rings. The lowest BCUT2D eigenvalue weighted by Crippen LogP contribution is -2.38. The van der Waals surface area contributed by atoms with Gasteiger partial charge in [-0.3, -0.25) is 4.79 Å². The fourth-order valence-corrected chi connectivity index (χ4v) is 4.39. The molecule has 0 spiro atoms. The van der Waals surface area contributed by atoms with E-state index < -0.39 is 0 Å². The number of fused-ring (bicyclic) bond motifs is 1. The summed E-state index contributed by atoms with van der Waals surface area (Å²) in [6.07, 6.45) is 3.09. The molecule has 1 saturated heterocycles. The summed E-state index contributed by atoms with van der Waals surface area (Å²) >= 11 is 0. The largest absolute Gasteiger partial charge is 0.497 e. The SMILES string of the molecule is COc1ccc(C(=O)N2CCc3nc(-c4ccccc4)nc(N4CCCC4)c3C2)cc1. The van der Waals surface area contributed by atoms with Gasteiger partial charge in [-0.15, -0.1) is 0 Å². The highest BCUT2D eigenvalue weighted by Gasteiger charge is 2.29. The Bertz CT molecular complexity index is 1080. The number of hydrogen-bond donors (Lipinski definition) is 0. The smallest absolute Gasteiger partial charge is 0.254 e. The lowest BCUT2D eigenvalue weighted by molar-refractivity contribution is 0.0733. The summed E-state index contributed by atoms with van der Waals surface area (Å²) in [7, 11) is 1.63. The highest BCUT2D eigenvalue weighted by Crippen LogP contribution is 2.32. The van der Waals surface area contributed by atoms with Crippen LogP contribution < -0.4 is 9.64 Å². The predicted octanol–water partition coefficient (Wildman–Crippen LogP) is 3.95. The van der Waals surface area contributed by atoms with Crippen molar-refractivity contribution >= 4 is 11.7 Å². The van der Waals surface area contributed by atoms with Gasteiger partial charge in [0.05, 0.1) is 19.3 Å². The van der Waals surface area contributed by atoms with Crippen LogP contribution in [0.25, 0.3) is 11.4 Å². The molecule has 6 heteroatoms. The molecule has 1 aromatic heterocycles. The molecule has 2 aliphatic rings. The fraction of sp³-hybridized carbons (Fsp3) is 0.320. The molecule has 0 N–H and O–H groups in total. The summed E-state index contributed by atoms with van der Waals surface area (Å²) in [5.41, 5.74) is 3.86. The third kappa shape index (κ3) is 3.85. The first-order chi connectivity index (χ1) is 15.2. The maximum Gasteiger partial charge on any atom is 0.254 e. The van der Waals surface area contributed by atoms with Gasteiger partial charge in [0.15, 0.2) is 5.82 Å². The average Bonchev–Trinajstić information content (AvgIpc) is 3.38. The second-order valence-electron chi connectivity index (χ2n) is 8.06. The minimum Gasteiger partial charge on any atom is -0.497 e. The molecular formula is C25H26N4O2. The van der Waals surface area contributed by atoms with Gasteiger partial charge in [0.1, 0.15) is 11.6 Å². The van der Waals surface area contributed by atoms with E-state index in [0.29, 0.717) is 18.7 Å². The summed E-state index contributed by atoms with van der Waals surface area (Å²) in [4.78, 5) is 27.3. The Labute approximate surface area is 182 Å². The topological polar surface area (TPSA) is 58.6 Å². The summed E-state index contributed by atoms with van der Waals surface area (Å²) in [5.74, 6) is 2.55. The summed E-state index contributed by atoms with van der Waals surface area (Å²) in [6, 6.07) is 17.5. The van der Waals surface area contributed by atoms with Crippen molar-refractivity contribution in [3.8, 4) is 17.1 Å². The van der Waals surface area contributed by atoms with Crippen LogP contribution in [0.4, 0.5) is 5.82 Å². The molecule has 0 atom stereocenters. The molecule has 1 fully saturated rings. The van der Waals surface area contributed by atoms with Crippen molar-refractivity contribution in [2.24, 2.45) is 0 Å². The molecule has 2 aromatic carbocycles. The molecule has 6 nitrogen and oxygen atoms in total. The van der Waals surface area contributed by atoms with Crippen LogP contribution in [0.2, 0.25) is 0 Å². The minimum absolute atomic E-state index is 0.0350. The van der Waals surface area contributed by atoms with Crippen molar-refractivity contribution in [3.05, 3.63) is 71.4 Å². The second kappa shape index (κ2) is 8.38. The zero-order valence-electron chi connectivity index (χ0n) is 17.8. The van der Waals surface area contributed by atoms with Crippen LogP contribution in [0.5, 0.6) is 5.75 Å². The first-order valence-electron chi connectivity index (χ1n) is 10.9. The normalized spacial score (nSPS) is 15.6. The van der Waals surface area contributed by atoms with Gasteiger partial charge in [0, 0.05) is 42.7 Å². The monoisotopic (exact) mass is 414 g/mol. The maximum absolute atomic E-state index is 13.2. The van der Waals surface area contributed by atoms with Crippen molar-refractivity contribution in [1.82, 2.24) is 14.9 Å². The number of rotatable bonds is 4. The predicted molar refractivity (Wildman–Crippen MR) is 120 cm³/mol. The Morgan fingerprint density at radius 3 is 2.39 bits per heavy atom. The summed E-state index contributed by atoms with van der Waals surface area (Å²) < 4.78 is 5.21. The van der Waals surface area contributed by atoms with Gasteiger partial charge in [-0.05, 0) is 37.1 Å². The van der Waals surface area contributed by atoms with Crippen LogP contribution in [0.15, 0.2) is 54.6 Å². The highest BCUT2D eigenvalue weighted by molar-refractivity contribution is 5.94. The highest BCUT2D eigenvalue weighted by atomic mass is 16.5. The Balaban J connectivity index is 1.48. The van der Waals surface area contributed by atoms with Gasteiger partial charge in [-0.2, -0.15) is 0 Å². The van der Waals surface area contributed by atoms with Crippen molar-refractivity contribution in [1.29, 1.82) is 0 Å². The molecule has 3 heterocycles. The number of benzene rings is 2. The number of methoxy groups -OCH3 is 1. The van der Waals surface area contributed by atoms with Crippen molar-refractivity contribution in [2.45, 2.75) is 25.8 Å². The zero-order chi connectivity index (χ0) is 21.2. The van der Waals surface area contributed by atoms with Gasteiger partial charge < -0.3 is 14.5 Å². The number of nitrogens with zero attached hydrogens (tertiary/aromatic N) is 4. The first kappa shape index (κ1) is 19.5. The number of amides is 1. The quantitative estimate of drug-likeness (QED) is 0.647. The van der Waals surface area contributed by atoms with Crippen molar-refractivity contribution in [3.63, 3.8) is 0 Å². The van der Waals surface area contributed by atoms with E-state index in [9.17, 15) is 4.79 Å². The van der Waals surface area contributed by atoms with E-state index in [1.54, 1.807) is 7.11 Å². The standard InChI is InChI=1S/C25H26N4O2/c1-31-20-11-9-19(10-12-20)25(30)29-16-13-22-21(17-29)24(28-14-5-6-15-28)27-23(26-22)18-7-3-2-4-8-18/h2-4,7-12H,5-6,13-17H2,1H3. The van der Waals surface area contributed by atoms with Crippen molar-refractivity contribution < 1.29 is 9.53 Å². The number of ether oxygens (including phenoxy) is 1. The molecule has 31 heavy (non-hydrogen) atoms. The molecule has 158 valence electrons. The van der Waals surface area contributed by atoms with E-state index in [4.69, 9.17) is 14.7 Å². The Hall–Kier alpha value is -3.41. The zero-order valence-corrected chi connectivity index (χ0v) is 17.8. The number of aromatic nitrogens is 2. The third-order valence-electron chi connectivity index (χ3n) is 6.10. The number of carbonyl (C=O) groups is 1. The molecule has 0 saturated carbocycles. The molecule has 2 aliphatic heterocycles. The molecular weight excluding hydrogens is 388 g/mol. The van der Waals surface area contributed by atoms with Crippen molar-refractivity contribution in [2.75, 3.05) is 31.6 Å². The van der Waals surface area contributed by atoms with Gasteiger partial charge in [-0.1, -0.05) is 30.3 Å². The lowest BCUT2D eigenvalue weighted by atomic mass is 10.0. The van der Waals surface area contributed by atoms with Gasteiger partial charge >= 0.3 is 0 Å². The Kier molecular flexibility index (Phi) is 5.28. The van der Waals surface area contributed by atoms with Gasteiger partial charge in [-0.25, -0.2) is 9.97 Å².